The van der Waals surface area contributed by atoms with Gasteiger partial charge in [-0.3, -0.25) is 24.4 Å². The molecule has 0 saturated heterocycles. The summed E-state index contributed by atoms with van der Waals surface area (Å²) in [7, 11) is 4.75. The third-order valence-corrected chi connectivity index (χ3v) is 5.55. The van der Waals surface area contributed by atoms with E-state index in [1.54, 1.807) is 62.0 Å². The Morgan fingerprint density at radius 2 is 1.33 bits per heavy atom. The molecular formula is C27H28N4O5. The molecule has 3 aromatic carbocycles. The van der Waals surface area contributed by atoms with Gasteiger partial charge in [0.25, 0.3) is 17.7 Å². The van der Waals surface area contributed by atoms with Crippen molar-refractivity contribution in [1.82, 2.24) is 15.3 Å². The standard InChI is InChI=1S/C27H28N4O5/c1-17-5-7-19(8-6-17)25(33)28-23-14-21(18-9-11-20(12-10-18)26(34)29-36)13-22(15-23)27(35)31(4)16-24(32)30(2)3/h5-15,36H,16H2,1-4H3,(H,28,33)(H,29,34). The minimum atomic E-state index is -0.649. The molecule has 186 valence electrons. The molecule has 36 heavy (non-hydrogen) atoms. The topological polar surface area (TPSA) is 119 Å². The summed E-state index contributed by atoms with van der Waals surface area (Å²) in [4.78, 5) is 52.5. The number of hydrogen-bond donors (Lipinski definition) is 3. The summed E-state index contributed by atoms with van der Waals surface area (Å²) in [6.07, 6.45) is 0. The Balaban J connectivity index is 1.98. The molecule has 0 heterocycles. The maximum Gasteiger partial charge on any atom is 0.274 e. The highest BCUT2D eigenvalue weighted by Crippen LogP contribution is 2.27. The first kappa shape index (κ1) is 26.1. The highest BCUT2D eigenvalue weighted by Gasteiger charge is 2.19. The molecule has 0 spiro atoms. The van der Waals surface area contributed by atoms with Crippen LogP contribution in [-0.2, 0) is 4.79 Å². The van der Waals surface area contributed by atoms with Crippen LogP contribution in [-0.4, -0.2) is 66.3 Å². The Bertz CT molecular complexity index is 1280. The van der Waals surface area contributed by atoms with Crippen LogP contribution < -0.4 is 10.8 Å². The zero-order valence-corrected chi connectivity index (χ0v) is 20.5. The lowest BCUT2D eigenvalue weighted by Gasteiger charge is -2.20. The van der Waals surface area contributed by atoms with E-state index in [-0.39, 0.29) is 29.5 Å². The summed E-state index contributed by atoms with van der Waals surface area (Å²) >= 11 is 0. The summed E-state index contributed by atoms with van der Waals surface area (Å²) in [6.45, 7) is 1.82. The van der Waals surface area contributed by atoms with Crippen molar-refractivity contribution < 1.29 is 24.4 Å². The Morgan fingerprint density at radius 1 is 0.750 bits per heavy atom. The SMILES string of the molecule is Cc1ccc(C(=O)Nc2cc(C(=O)N(C)CC(=O)N(C)C)cc(-c3ccc(C(=O)NO)cc3)c2)cc1. The largest absolute Gasteiger partial charge is 0.347 e. The van der Waals surface area contributed by atoms with Crippen LogP contribution in [0.3, 0.4) is 0 Å². The monoisotopic (exact) mass is 488 g/mol. The number of hydroxylamine groups is 1. The number of hydrogen-bond acceptors (Lipinski definition) is 5. The van der Waals surface area contributed by atoms with Crippen molar-refractivity contribution in [2.75, 3.05) is 33.0 Å². The van der Waals surface area contributed by atoms with E-state index in [0.29, 0.717) is 22.4 Å². The smallest absolute Gasteiger partial charge is 0.274 e. The molecule has 0 aromatic heterocycles. The molecule has 0 aliphatic rings. The summed E-state index contributed by atoms with van der Waals surface area (Å²) in [5, 5.41) is 11.7. The molecule has 0 atom stereocenters. The van der Waals surface area contributed by atoms with E-state index in [4.69, 9.17) is 5.21 Å². The van der Waals surface area contributed by atoms with Gasteiger partial charge in [0.15, 0.2) is 0 Å². The lowest BCUT2D eigenvalue weighted by atomic mass is 10.00. The number of carbonyl (C=O) groups is 4. The number of rotatable bonds is 7. The molecular weight excluding hydrogens is 460 g/mol. The molecule has 3 N–H and O–H groups in total. The van der Waals surface area contributed by atoms with Gasteiger partial charge in [0.05, 0.1) is 6.54 Å². The van der Waals surface area contributed by atoms with Gasteiger partial charge in [0.2, 0.25) is 5.91 Å². The highest BCUT2D eigenvalue weighted by molar-refractivity contribution is 6.06. The molecule has 0 radical (unpaired) electrons. The Hall–Kier alpha value is -4.50. The van der Waals surface area contributed by atoms with Gasteiger partial charge in [0.1, 0.15) is 0 Å². The van der Waals surface area contributed by atoms with Gasteiger partial charge in [-0.05, 0) is 60.5 Å². The average Bonchev–Trinajstić information content (AvgIpc) is 2.87. The molecule has 9 heteroatoms. The van der Waals surface area contributed by atoms with Gasteiger partial charge in [-0.1, -0.05) is 29.8 Å². The van der Waals surface area contributed by atoms with Crippen molar-refractivity contribution >= 4 is 29.3 Å². The highest BCUT2D eigenvalue weighted by atomic mass is 16.5. The summed E-state index contributed by atoms with van der Waals surface area (Å²) in [6, 6.07) is 18.4. The number of benzene rings is 3. The maximum atomic E-state index is 13.2. The van der Waals surface area contributed by atoms with Gasteiger partial charge >= 0.3 is 0 Å². The molecule has 3 aromatic rings. The fourth-order valence-corrected chi connectivity index (χ4v) is 3.41. The molecule has 0 bridgehead atoms. The molecule has 0 saturated carbocycles. The number of likely N-dealkylation sites (N-methyl/N-ethyl adjacent to an activating group) is 2. The number of nitrogens with one attached hydrogen (secondary N) is 2. The van der Waals surface area contributed by atoms with Gasteiger partial charge in [-0.15, -0.1) is 0 Å². The second-order valence-corrected chi connectivity index (χ2v) is 8.59. The predicted octanol–water partition coefficient (Wildman–Crippen LogP) is 3.19. The lowest BCUT2D eigenvalue weighted by molar-refractivity contribution is -0.129. The van der Waals surface area contributed by atoms with Crippen molar-refractivity contribution in [3.63, 3.8) is 0 Å². The van der Waals surface area contributed by atoms with E-state index in [2.05, 4.69) is 5.32 Å². The predicted molar refractivity (Wildman–Crippen MR) is 136 cm³/mol. The number of amides is 4. The fraction of sp³-hybridized carbons (Fsp3) is 0.185. The Kier molecular flexibility index (Phi) is 8.18. The molecule has 4 amide bonds. The van der Waals surface area contributed by atoms with Crippen molar-refractivity contribution in [2.45, 2.75) is 6.92 Å². The van der Waals surface area contributed by atoms with E-state index < -0.39 is 11.8 Å². The number of anilines is 1. The first-order valence-electron chi connectivity index (χ1n) is 11.1. The number of aryl methyl sites for hydroxylation is 1. The van der Waals surface area contributed by atoms with Gasteiger partial charge in [-0.25, -0.2) is 5.48 Å². The lowest BCUT2D eigenvalue weighted by Crippen LogP contribution is -2.37. The normalized spacial score (nSPS) is 10.4. The maximum absolute atomic E-state index is 13.2. The first-order valence-corrected chi connectivity index (χ1v) is 11.1. The van der Waals surface area contributed by atoms with E-state index in [1.165, 1.54) is 29.0 Å². The third kappa shape index (κ3) is 6.34. The van der Waals surface area contributed by atoms with Crippen molar-refractivity contribution in [2.24, 2.45) is 0 Å². The molecule has 9 nitrogen and oxygen atoms in total. The van der Waals surface area contributed by atoms with Crippen LogP contribution in [0.15, 0.2) is 66.7 Å². The zero-order valence-electron chi connectivity index (χ0n) is 20.5. The summed E-state index contributed by atoms with van der Waals surface area (Å²) in [5.41, 5.74) is 5.29. The van der Waals surface area contributed by atoms with Crippen LogP contribution in [0, 0.1) is 6.92 Å². The van der Waals surface area contributed by atoms with E-state index in [9.17, 15) is 19.2 Å². The first-order chi connectivity index (χ1) is 17.1. The minimum Gasteiger partial charge on any atom is -0.347 e. The van der Waals surface area contributed by atoms with Crippen LogP contribution in [0.1, 0.15) is 36.6 Å². The van der Waals surface area contributed by atoms with Crippen LogP contribution in [0.25, 0.3) is 11.1 Å². The number of nitrogens with zero attached hydrogens (tertiary/aromatic N) is 2. The van der Waals surface area contributed by atoms with Crippen LogP contribution in [0.4, 0.5) is 5.69 Å². The minimum absolute atomic E-state index is 0.105. The quantitative estimate of drug-likeness (QED) is 0.349. The van der Waals surface area contributed by atoms with Crippen LogP contribution in [0.2, 0.25) is 0 Å². The molecule has 0 aliphatic heterocycles. The molecule has 0 fully saturated rings. The van der Waals surface area contributed by atoms with Crippen molar-refractivity contribution in [1.29, 1.82) is 0 Å². The van der Waals surface area contributed by atoms with Gasteiger partial charge < -0.3 is 15.1 Å². The third-order valence-electron chi connectivity index (χ3n) is 5.55. The average molecular weight is 489 g/mol. The van der Waals surface area contributed by atoms with Crippen molar-refractivity contribution in [3.8, 4) is 11.1 Å². The van der Waals surface area contributed by atoms with Gasteiger partial charge in [0, 0.05) is 43.5 Å². The zero-order chi connectivity index (χ0) is 26.4. The summed E-state index contributed by atoms with van der Waals surface area (Å²) < 4.78 is 0. The van der Waals surface area contributed by atoms with Gasteiger partial charge in [-0.2, -0.15) is 0 Å². The Morgan fingerprint density at radius 3 is 1.92 bits per heavy atom. The molecule has 0 aliphatic carbocycles. The fourth-order valence-electron chi connectivity index (χ4n) is 3.41. The second-order valence-electron chi connectivity index (χ2n) is 8.59. The van der Waals surface area contributed by atoms with Crippen LogP contribution >= 0.6 is 0 Å². The van der Waals surface area contributed by atoms with E-state index in [0.717, 1.165) is 5.56 Å². The van der Waals surface area contributed by atoms with E-state index >= 15 is 0 Å². The number of carbonyl (C=O) groups excluding carboxylic acids is 4. The van der Waals surface area contributed by atoms with E-state index in [1.807, 2.05) is 19.1 Å². The second kappa shape index (κ2) is 11.3. The molecule has 0 unspecified atom stereocenters. The van der Waals surface area contributed by atoms with Crippen molar-refractivity contribution in [3.05, 3.63) is 89.0 Å². The Labute approximate surface area is 209 Å². The van der Waals surface area contributed by atoms with Crippen LogP contribution in [0.5, 0.6) is 0 Å². The summed E-state index contributed by atoms with van der Waals surface area (Å²) in [5.74, 6) is -1.61. The molecule has 3 rings (SSSR count).